The van der Waals surface area contributed by atoms with Gasteiger partial charge in [0, 0.05) is 27.5 Å². The lowest BCUT2D eigenvalue weighted by Crippen LogP contribution is -2.16. The maximum absolute atomic E-state index is 4.03. The summed E-state index contributed by atoms with van der Waals surface area (Å²) in [6.45, 7) is 23.7. The fourth-order valence-electron chi connectivity index (χ4n) is 6.58. The molecule has 0 spiro atoms. The van der Waals surface area contributed by atoms with E-state index in [1.54, 1.807) is 0 Å². The Labute approximate surface area is 335 Å². The van der Waals surface area contributed by atoms with Crippen molar-refractivity contribution in [2.24, 2.45) is 0 Å². The predicted molar refractivity (Wildman–Crippen MR) is 250 cm³/mol. The lowest BCUT2D eigenvalue weighted by atomic mass is 9.89. The molecule has 4 aromatic carbocycles. The molecule has 0 saturated heterocycles. The topological polar surface area (TPSA) is 3.24 Å². The Morgan fingerprint density at radius 1 is 0.745 bits per heavy atom. The SMILES string of the molecule is C=C/C=C(\C=C/CN(c1ccccc1)c1ccc(-c2cc3sc(/C=C\C)c(C)c3cc2/C(CC)=C(C)/C=C\C)cc1)C(/C=C)=C/C=C\C.Cc1ccccc1. The van der Waals surface area contributed by atoms with Crippen LogP contribution in [0, 0.1) is 13.8 Å². The Hall–Kier alpha value is -5.70. The number of thiophene rings is 1. The summed E-state index contributed by atoms with van der Waals surface area (Å²) in [5.41, 5.74) is 13.6. The third-order valence-electron chi connectivity index (χ3n) is 9.41. The number of benzene rings is 4. The third kappa shape index (κ3) is 11.4. The molecular weight excluding hydrogens is 683 g/mol. The Kier molecular flexibility index (Phi) is 16.7. The van der Waals surface area contributed by atoms with E-state index in [0.717, 1.165) is 28.9 Å². The Morgan fingerprint density at radius 3 is 1.98 bits per heavy atom. The minimum atomic E-state index is 0.705. The summed E-state index contributed by atoms with van der Waals surface area (Å²) in [7, 11) is 0. The van der Waals surface area contributed by atoms with Crippen molar-refractivity contribution in [2.45, 2.75) is 54.9 Å². The highest BCUT2D eigenvalue weighted by atomic mass is 32.1. The van der Waals surface area contributed by atoms with E-state index in [4.69, 9.17) is 0 Å². The highest BCUT2D eigenvalue weighted by Gasteiger charge is 2.17. The van der Waals surface area contributed by atoms with Crippen LogP contribution in [0.2, 0.25) is 0 Å². The van der Waals surface area contributed by atoms with Gasteiger partial charge in [-0.05, 0) is 140 Å². The second-order valence-electron chi connectivity index (χ2n) is 13.3. The van der Waals surface area contributed by atoms with Crippen molar-refractivity contribution in [3.8, 4) is 11.1 Å². The van der Waals surface area contributed by atoms with Gasteiger partial charge in [-0.2, -0.15) is 0 Å². The maximum Gasteiger partial charge on any atom is 0.0415 e. The molecule has 0 N–H and O–H groups in total. The molecule has 1 aromatic heterocycles. The Balaban J connectivity index is 0.000000862. The summed E-state index contributed by atoms with van der Waals surface area (Å²) in [5, 5.41) is 1.34. The number of nitrogens with zero attached hydrogens (tertiary/aromatic N) is 1. The fraction of sp³-hybridized carbons (Fsp3) is 0.170. The van der Waals surface area contributed by atoms with E-state index >= 15 is 0 Å². The molecule has 0 aliphatic heterocycles. The lowest BCUT2D eigenvalue weighted by Gasteiger charge is -2.24. The number of para-hydroxylation sites is 1. The van der Waals surface area contributed by atoms with Gasteiger partial charge in [0.2, 0.25) is 0 Å². The molecule has 0 unspecified atom stereocenters. The summed E-state index contributed by atoms with van der Waals surface area (Å²) < 4.78 is 1.32. The first-order valence-corrected chi connectivity index (χ1v) is 20.0. The van der Waals surface area contributed by atoms with Crippen LogP contribution in [0.5, 0.6) is 0 Å². The van der Waals surface area contributed by atoms with Crippen molar-refractivity contribution in [1.29, 1.82) is 0 Å². The van der Waals surface area contributed by atoms with Crippen LogP contribution in [0.1, 0.15) is 62.6 Å². The standard InChI is InChI=1S/C46H49NS.C7H8/c1-9-15-23-36(13-5)37(21-11-3)24-19-31-47(39-25-17-16-18-26-39)40-29-27-38(28-30-40)43-33-46-42(35(8)45(48-46)22-12-4)32-44(43)41(14-6)34(7)20-10-2;1-7-5-3-2-4-6-7/h9-13,15-30,32-33H,3,5,14,31H2,1-2,4,6-8H3;2-6H,1H3/b15-9-,20-10-,22-12-,24-19-,36-23+,37-21+,41-34+;. The first-order chi connectivity index (χ1) is 26.8. The molecule has 1 nitrogen and oxygen atoms in total. The molecule has 0 aliphatic carbocycles. The zero-order valence-corrected chi connectivity index (χ0v) is 34.7. The fourth-order valence-corrected chi connectivity index (χ4v) is 7.78. The van der Waals surface area contributed by atoms with Gasteiger partial charge in [0.05, 0.1) is 0 Å². The molecule has 0 bridgehead atoms. The number of allylic oxidation sites excluding steroid dienone is 14. The third-order valence-corrected chi connectivity index (χ3v) is 10.6. The monoisotopic (exact) mass is 739 g/mol. The normalized spacial score (nSPS) is 12.8. The molecule has 0 aliphatic rings. The van der Waals surface area contributed by atoms with Crippen LogP contribution in [-0.2, 0) is 0 Å². The molecule has 5 aromatic rings. The van der Waals surface area contributed by atoms with Gasteiger partial charge in [0.1, 0.15) is 0 Å². The summed E-state index contributed by atoms with van der Waals surface area (Å²) in [4.78, 5) is 3.67. The molecule has 0 amide bonds. The molecular formula is C53H57NS. The largest absolute Gasteiger partial charge is 0.338 e. The van der Waals surface area contributed by atoms with E-state index in [0.29, 0.717) is 6.54 Å². The minimum Gasteiger partial charge on any atom is -0.338 e. The summed E-state index contributed by atoms with van der Waals surface area (Å²) >= 11 is 1.87. The number of hydrogen-bond donors (Lipinski definition) is 0. The number of fused-ring (bicyclic) bond motifs is 1. The average molecular weight is 740 g/mol. The van der Waals surface area contributed by atoms with Crippen molar-refractivity contribution < 1.29 is 0 Å². The number of rotatable bonds is 14. The molecule has 0 atom stereocenters. The molecule has 0 radical (unpaired) electrons. The van der Waals surface area contributed by atoms with Crippen LogP contribution in [-0.4, -0.2) is 6.54 Å². The molecule has 1 heterocycles. The van der Waals surface area contributed by atoms with Crippen molar-refractivity contribution in [2.75, 3.05) is 11.4 Å². The van der Waals surface area contributed by atoms with Gasteiger partial charge in [0.25, 0.3) is 0 Å². The van der Waals surface area contributed by atoms with Gasteiger partial charge in [-0.25, -0.2) is 0 Å². The minimum absolute atomic E-state index is 0.705. The summed E-state index contributed by atoms with van der Waals surface area (Å²) in [6, 6.07) is 34.8. The molecule has 55 heavy (non-hydrogen) atoms. The van der Waals surface area contributed by atoms with E-state index in [9.17, 15) is 0 Å². The molecule has 0 saturated carbocycles. The van der Waals surface area contributed by atoms with Crippen LogP contribution < -0.4 is 4.90 Å². The van der Waals surface area contributed by atoms with Gasteiger partial charge in [-0.3, -0.25) is 0 Å². The van der Waals surface area contributed by atoms with E-state index in [1.807, 2.05) is 66.8 Å². The van der Waals surface area contributed by atoms with E-state index in [-0.39, 0.29) is 0 Å². The first-order valence-electron chi connectivity index (χ1n) is 19.2. The summed E-state index contributed by atoms with van der Waals surface area (Å²) in [5.74, 6) is 0. The van der Waals surface area contributed by atoms with Crippen LogP contribution in [0.3, 0.4) is 0 Å². The quantitative estimate of drug-likeness (QED) is 0.103. The molecule has 280 valence electrons. The van der Waals surface area contributed by atoms with Gasteiger partial charge < -0.3 is 4.90 Å². The van der Waals surface area contributed by atoms with E-state index in [2.05, 4.69) is 181 Å². The highest BCUT2D eigenvalue weighted by Crippen LogP contribution is 2.41. The highest BCUT2D eigenvalue weighted by molar-refractivity contribution is 7.20. The van der Waals surface area contributed by atoms with Gasteiger partial charge >= 0.3 is 0 Å². The second-order valence-corrected chi connectivity index (χ2v) is 14.3. The predicted octanol–water partition coefficient (Wildman–Crippen LogP) is 16.2. The number of anilines is 2. The Morgan fingerprint density at radius 2 is 1.42 bits per heavy atom. The molecule has 0 fully saturated rings. The van der Waals surface area contributed by atoms with Crippen LogP contribution >= 0.6 is 11.3 Å². The van der Waals surface area contributed by atoms with Crippen LogP contribution in [0.4, 0.5) is 11.4 Å². The Bertz CT molecular complexity index is 2230. The van der Waals surface area contributed by atoms with Crippen LogP contribution in [0.15, 0.2) is 194 Å². The molecule has 5 rings (SSSR count). The zero-order chi connectivity index (χ0) is 39.6. The number of aryl methyl sites for hydroxylation is 2. The maximum atomic E-state index is 4.03. The lowest BCUT2D eigenvalue weighted by molar-refractivity contribution is 1.09. The first kappa shape index (κ1) is 42.0. The van der Waals surface area contributed by atoms with Gasteiger partial charge in [-0.1, -0.05) is 153 Å². The second kappa shape index (κ2) is 21.9. The molecule has 2 heteroatoms. The number of hydrogen-bond acceptors (Lipinski definition) is 2. The van der Waals surface area contributed by atoms with Crippen molar-refractivity contribution in [3.63, 3.8) is 0 Å². The zero-order valence-electron chi connectivity index (χ0n) is 33.8. The average Bonchev–Trinajstić information content (AvgIpc) is 3.51. The van der Waals surface area contributed by atoms with Gasteiger partial charge in [-0.15, -0.1) is 11.3 Å². The van der Waals surface area contributed by atoms with E-state index in [1.165, 1.54) is 53.9 Å². The smallest absolute Gasteiger partial charge is 0.0415 e. The summed E-state index contributed by atoms with van der Waals surface area (Å²) in [6.07, 6.45) is 25.9. The van der Waals surface area contributed by atoms with Crippen LogP contribution in [0.25, 0.3) is 32.9 Å². The van der Waals surface area contributed by atoms with Crippen molar-refractivity contribution in [1.82, 2.24) is 0 Å². The van der Waals surface area contributed by atoms with Gasteiger partial charge in [0.15, 0.2) is 0 Å². The van der Waals surface area contributed by atoms with Crippen molar-refractivity contribution in [3.05, 3.63) is 215 Å². The van der Waals surface area contributed by atoms with E-state index < -0.39 is 0 Å². The van der Waals surface area contributed by atoms with Crippen molar-refractivity contribution >= 4 is 44.4 Å².